The van der Waals surface area contributed by atoms with E-state index in [9.17, 15) is 13.8 Å². The Morgan fingerprint density at radius 2 is 2.14 bits per heavy atom. The van der Waals surface area contributed by atoms with Gasteiger partial charge in [0, 0.05) is 7.11 Å². The van der Waals surface area contributed by atoms with Crippen molar-refractivity contribution in [3.05, 3.63) is 12.4 Å². The molecule has 0 rings (SSSR count). The normalized spacial score (nSPS) is 14.5. The molecule has 14 heavy (non-hydrogen) atoms. The molecule has 6 nitrogen and oxygen atoms in total. The lowest BCUT2D eigenvalue weighted by atomic mass is 10.6. The first-order chi connectivity index (χ1) is 6.39. The molecule has 0 aromatic carbocycles. The summed E-state index contributed by atoms with van der Waals surface area (Å²) in [7, 11) is -3.08. The van der Waals surface area contributed by atoms with E-state index in [1.54, 1.807) is 0 Å². The van der Waals surface area contributed by atoms with E-state index < -0.39 is 19.6 Å². The molecule has 0 aliphatic heterocycles. The third kappa shape index (κ3) is 5.82. The molecule has 0 aliphatic rings. The van der Waals surface area contributed by atoms with E-state index in [0.717, 1.165) is 7.11 Å². The van der Waals surface area contributed by atoms with Crippen LogP contribution in [0.5, 0.6) is 0 Å². The first kappa shape index (κ1) is 13.2. The molecule has 0 saturated heterocycles. The van der Waals surface area contributed by atoms with E-state index in [0.29, 0.717) is 0 Å². The van der Waals surface area contributed by atoms with Crippen molar-refractivity contribution in [2.75, 3.05) is 20.3 Å². The van der Waals surface area contributed by atoms with Gasteiger partial charge in [0.1, 0.15) is 6.61 Å². The summed E-state index contributed by atoms with van der Waals surface area (Å²) >= 11 is 0. The zero-order valence-electron chi connectivity index (χ0n) is 7.43. The quantitative estimate of drug-likeness (QED) is 0.313. The highest BCUT2D eigenvalue weighted by Gasteiger charge is 2.18. The largest absolute Gasteiger partial charge is 0.472 e. The number of hydrogen-bond acceptors (Lipinski definition) is 5. The minimum atomic E-state index is -4.06. The molecule has 1 unspecified atom stereocenters. The molecule has 0 aromatic heterocycles. The molecule has 82 valence electrons. The molecule has 0 aliphatic carbocycles. The number of rotatable bonds is 6. The SMILES string of the molecule is C=C(F)C(=O)OCCOP(=O)(O)OC. The molecule has 8 heteroatoms. The van der Waals surface area contributed by atoms with E-state index in [1.807, 2.05) is 0 Å². The van der Waals surface area contributed by atoms with Crippen LogP contribution >= 0.6 is 7.82 Å². The second-order valence-corrected chi connectivity index (χ2v) is 3.59. The topological polar surface area (TPSA) is 82.1 Å². The number of halogens is 1. The lowest BCUT2D eigenvalue weighted by Crippen LogP contribution is -2.10. The van der Waals surface area contributed by atoms with Gasteiger partial charge in [0.05, 0.1) is 6.61 Å². The lowest BCUT2D eigenvalue weighted by Gasteiger charge is -2.08. The van der Waals surface area contributed by atoms with Crippen LogP contribution in [0.2, 0.25) is 0 Å². The number of hydrogen-bond donors (Lipinski definition) is 1. The number of carbonyl (C=O) groups excluding carboxylic acids is 1. The Morgan fingerprint density at radius 1 is 1.57 bits per heavy atom. The van der Waals surface area contributed by atoms with Gasteiger partial charge >= 0.3 is 13.8 Å². The van der Waals surface area contributed by atoms with E-state index in [4.69, 9.17) is 4.89 Å². The average molecular weight is 228 g/mol. The number of carbonyl (C=O) groups is 1. The minimum absolute atomic E-state index is 0.365. The summed E-state index contributed by atoms with van der Waals surface area (Å²) < 4.78 is 35.2. The smallest absolute Gasteiger partial charge is 0.458 e. The second kappa shape index (κ2) is 5.87. The zero-order valence-corrected chi connectivity index (χ0v) is 8.33. The predicted octanol–water partition coefficient (Wildman–Crippen LogP) is 0.776. The van der Waals surface area contributed by atoms with Gasteiger partial charge in [-0.2, -0.15) is 4.39 Å². The van der Waals surface area contributed by atoms with Crippen molar-refractivity contribution in [2.24, 2.45) is 0 Å². The van der Waals surface area contributed by atoms with Gasteiger partial charge in [-0.3, -0.25) is 9.05 Å². The van der Waals surface area contributed by atoms with Gasteiger partial charge in [-0.15, -0.1) is 0 Å². The van der Waals surface area contributed by atoms with Crippen molar-refractivity contribution in [1.29, 1.82) is 0 Å². The third-order valence-electron chi connectivity index (χ3n) is 1.02. The van der Waals surface area contributed by atoms with Crippen LogP contribution < -0.4 is 0 Å². The molecule has 0 aromatic rings. The maximum atomic E-state index is 12.0. The Balaban J connectivity index is 3.62. The van der Waals surface area contributed by atoms with Gasteiger partial charge in [-0.05, 0) is 0 Å². The Kier molecular flexibility index (Phi) is 5.56. The van der Waals surface area contributed by atoms with Crippen LogP contribution in [0.1, 0.15) is 0 Å². The zero-order chi connectivity index (χ0) is 11.2. The van der Waals surface area contributed by atoms with Gasteiger partial charge < -0.3 is 9.63 Å². The summed E-state index contributed by atoms with van der Waals surface area (Å²) in [6.07, 6.45) is 0. The van der Waals surface area contributed by atoms with Crippen LogP contribution in [-0.4, -0.2) is 31.2 Å². The summed E-state index contributed by atoms with van der Waals surface area (Å²) in [5, 5.41) is 0. The van der Waals surface area contributed by atoms with Crippen LogP contribution in [0, 0.1) is 0 Å². The maximum Gasteiger partial charge on any atom is 0.472 e. The first-order valence-corrected chi connectivity index (χ1v) is 4.93. The Bertz CT molecular complexity index is 265. The highest BCUT2D eigenvalue weighted by atomic mass is 31.2. The number of phosphoric ester groups is 1. The summed E-state index contributed by atoms with van der Waals surface area (Å²) in [4.78, 5) is 19.1. The van der Waals surface area contributed by atoms with E-state index in [1.165, 1.54) is 0 Å². The van der Waals surface area contributed by atoms with E-state index in [-0.39, 0.29) is 13.2 Å². The molecular formula is C6H10FO6P. The highest BCUT2D eigenvalue weighted by Crippen LogP contribution is 2.41. The van der Waals surface area contributed by atoms with E-state index in [2.05, 4.69) is 20.4 Å². The van der Waals surface area contributed by atoms with Gasteiger partial charge in [0.25, 0.3) is 0 Å². The van der Waals surface area contributed by atoms with Crippen molar-refractivity contribution in [3.63, 3.8) is 0 Å². The van der Waals surface area contributed by atoms with E-state index >= 15 is 0 Å². The molecule has 1 N–H and O–H groups in total. The standard InChI is InChI=1S/C6H10FO6P/c1-5(7)6(8)12-3-4-13-14(9,10)11-2/h1,3-4H2,2H3,(H,9,10). The lowest BCUT2D eigenvalue weighted by molar-refractivity contribution is -0.141. The van der Waals surface area contributed by atoms with Crippen molar-refractivity contribution in [1.82, 2.24) is 0 Å². The monoisotopic (exact) mass is 228 g/mol. The molecular weight excluding hydrogens is 218 g/mol. The molecule has 0 heterocycles. The Morgan fingerprint density at radius 3 is 2.57 bits per heavy atom. The molecule has 0 bridgehead atoms. The van der Waals surface area contributed by atoms with Crippen molar-refractivity contribution in [3.8, 4) is 0 Å². The summed E-state index contributed by atoms with van der Waals surface area (Å²) in [5.41, 5.74) is 0. The van der Waals surface area contributed by atoms with Crippen molar-refractivity contribution < 1.29 is 32.4 Å². The fraction of sp³-hybridized carbons (Fsp3) is 0.500. The summed E-state index contributed by atoms with van der Waals surface area (Å²) in [5.74, 6) is -2.48. The predicted molar refractivity (Wildman–Crippen MR) is 44.0 cm³/mol. The molecule has 0 spiro atoms. The molecule has 0 fully saturated rings. The highest BCUT2D eigenvalue weighted by molar-refractivity contribution is 7.47. The Hall–Kier alpha value is -0.750. The summed E-state index contributed by atoms with van der Waals surface area (Å²) in [6, 6.07) is 0. The van der Waals surface area contributed by atoms with Gasteiger partial charge in [0.15, 0.2) is 0 Å². The van der Waals surface area contributed by atoms with Gasteiger partial charge in [-0.1, -0.05) is 6.58 Å². The van der Waals surface area contributed by atoms with Crippen LogP contribution in [-0.2, 0) is 23.1 Å². The molecule has 0 amide bonds. The number of ether oxygens (including phenoxy) is 1. The first-order valence-electron chi connectivity index (χ1n) is 3.43. The second-order valence-electron chi connectivity index (χ2n) is 2.03. The minimum Gasteiger partial charge on any atom is -0.458 e. The van der Waals surface area contributed by atoms with Crippen LogP contribution in [0.3, 0.4) is 0 Å². The Labute approximate surface area is 79.9 Å². The van der Waals surface area contributed by atoms with Gasteiger partial charge in [0.2, 0.25) is 5.83 Å². The average Bonchev–Trinajstić information content (AvgIpc) is 2.12. The molecule has 1 atom stereocenters. The fourth-order valence-corrected chi connectivity index (χ4v) is 0.829. The molecule has 0 radical (unpaired) electrons. The molecule has 0 saturated carbocycles. The van der Waals surface area contributed by atoms with Crippen LogP contribution in [0.15, 0.2) is 12.4 Å². The fourth-order valence-electron chi connectivity index (χ4n) is 0.418. The third-order valence-corrected chi connectivity index (χ3v) is 1.99. The number of esters is 1. The van der Waals surface area contributed by atoms with Crippen LogP contribution in [0.25, 0.3) is 0 Å². The number of phosphoric acid groups is 1. The van der Waals surface area contributed by atoms with Crippen molar-refractivity contribution >= 4 is 13.8 Å². The maximum absolute atomic E-state index is 12.0. The van der Waals surface area contributed by atoms with Crippen molar-refractivity contribution in [2.45, 2.75) is 0 Å². The van der Waals surface area contributed by atoms with Gasteiger partial charge in [-0.25, -0.2) is 9.36 Å². The summed E-state index contributed by atoms with van der Waals surface area (Å²) in [6.45, 7) is 1.95. The van der Waals surface area contributed by atoms with Crippen LogP contribution in [0.4, 0.5) is 4.39 Å².